The fourth-order valence-electron chi connectivity index (χ4n) is 4.90. The van der Waals surface area contributed by atoms with Crippen molar-refractivity contribution in [3.63, 3.8) is 0 Å². The van der Waals surface area contributed by atoms with Crippen LogP contribution in [0.4, 0.5) is 0 Å². The van der Waals surface area contributed by atoms with Crippen molar-refractivity contribution in [2.45, 2.75) is 89.1 Å². The van der Waals surface area contributed by atoms with Crippen LogP contribution in [-0.2, 0) is 0 Å². The van der Waals surface area contributed by atoms with Crippen molar-refractivity contribution in [2.24, 2.45) is 5.92 Å². The molecule has 1 N–H and O–H groups in total. The Balaban J connectivity index is 1.40. The van der Waals surface area contributed by atoms with Gasteiger partial charge in [-0.3, -0.25) is 4.90 Å². The lowest BCUT2D eigenvalue weighted by molar-refractivity contribution is 0.0611. The van der Waals surface area contributed by atoms with Crippen LogP contribution in [0.2, 0.25) is 0 Å². The maximum Gasteiger partial charge on any atom is 0.0124 e. The summed E-state index contributed by atoms with van der Waals surface area (Å²) in [5, 5.41) is 3.86. The lowest BCUT2D eigenvalue weighted by Gasteiger charge is -2.44. The number of rotatable bonds is 4. The fourth-order valence-corrected chi connectivity index (χ4v) is 4.90. The van der Waals surface area contributed by atoms with E-state index in [2.05, 4.69) is 10.2 Å². The van der Waals surface area contributed by atoms with Crippen LogP contribution in [0.1, 0.15) is 77.0 Å². The van der Waals surface area contributed by atoms with Gasteiger partial charge in [-0.05, 0) is 51.0 Å². The zero-order valence-electron chi connectivity index (χ0n) is 13.3. The lowest BCUT2D eigenvalue weighted by atomic mass is 9.78. The number of nitrogens with one attached hydrogen (secondary N) is 1. The van der Waals surface area contributed by atoms with Crippen molar-refractivity contribution < 1.29 is 0 Å². The monoisotopic (exact) mass is 278 g/mol. The van der Waals surface area contributed by atoms with Gasteiger partial charge in [-0.1, -0.05) is 38.5 Å². The minimum atomic E-state index is 0.824. The minimum absolute atomic E-state index is 0.824. The predicted octanol–water partition coefficient (Wildman–Crippen LogP) is 3.95. The molecule has 0 aromatic carbocycles. The van der Waals surface area contributed by atoms with Crippen LogP contribution in [-0.4, -0.2) is 36.6 Å². The Morgan fingerprint density at radius 3 is 2.30 bits per heavy atom. The summed E-state index contributed by atoms with van der Waals surface area (Å²) in [5.41, 5.74) is 0. The number of piperidine rings is 1. The molecule has 1 aliphatic heterocycles. The van der Waals surface area contributed by atoms with Gasteiger partial charge in [-0.25, -0.2) is 0 Å². The summed E-state index contributed by atoms with van der Waals surface area (Å²) in [5.74, 6) is 1.04. The first-order chi connectivity index (χ1) is 9.93. The van der Waals surface area contributed by atoms with Crippen LogP contribution in [0, 0.1) is 5.92 Å². The van der Waals surface area contributed by atoms with Gasteiger partial charge in [0.15, 0.2) is 0 Å². The second kappa shape index (κ2) is 7.79. The van der Waals surface area contributed by atoms with Gasteiger partial charge in [-0.15, -0.1) is 0 Å². The molecule has 2 heteroatoms. The van der Waals surface area contributed by atoms with Gasteiger partial charge in [0.05, 0.1) is 0 Å². The van der Waals surface area contributed by atoms with E-state index >= 15 is 0 Å². The molecule has 1 saturated heterocycles. The van der Waals surface area contributed by atoms with Gasteiger partial charge >= 0.3 is 0 Å². The molecule has 0 bridgehead atoms. The van der Waals surface area contributed by atoms with Crippen molar-refractivity contribution >= 4 is 0 Å². The molecule has 0 amide bonds. The first kappa shape index (κ1) is 14.8. The summed E-state index contributed by atoms with van der Waals surface area (Å²) >= 11 is 0. The zero-order chi connectivity index (χ0) is 13.6. The molecule has 3 aliphatic rings. The first-order valence-electron chi connectivity index (χ1n) is 9.41. The van der Waals surface area contributed by atoms with Crippen molar-refractivity contribution in [1.82, 2.24) is 10.2 Å². The second-order valence-electron chi connectivity index (χ2n) is 7.43. The van der Waals surface area contributed by atoms with Gasteiger partial charge in [-0.2, -0.15) is 0 Å². The summed E-state index contributed by atoms with van der Waals surface area (Å²) in [4.78, 5) is 2.83. The van der Waals surface area contributed by atoms with Crippen LogP contribution >= 0.6 is 0 Å². The molecular weight excluding hydrogens is 244 g/mol. The van der Waals surface area contributed by atoms with Crippen LogP contribution in [0.15, 0.2) is 0 Å². The first-order valence-corrected chi connectivity index (χ1v) is 9.41. The molecule has 2 unspecified atom stereocenters. The number of likely N-dealkylation sites (tertiary alicyclic amines) is 1. The van der Waals surface area contributed by atoms with Crippen molar-refractivity contribution in [2.75, 3.05) is 19.6 Å². The van der Waals surface area contributed by atoms with Crippen LogP contribution in [0.25, 0.3) is 0 Å². The Morgan fingerprint density at radius 1 is 0.750 bits per heavy atom. The highest BCUT2D eigenvalue weighted by Gasteiger charge is 2.32. The number of nitrogens with zero attached hydrogens (tertiary/aromatic N) is 1. The van der Waals surface area contributed by atoms with E-state index in [9.17, 15) is 0 Å². The highest BCUT2D eigenvalue weighted by atomic mass is 15.2. The standard InChI is InChI=1S/C18H34N2/c1-2-4-11-17(10-3-1)19-13-15-20-14-7-9-16-8-5-6-12-18(16)20/h16-19H,1-15H2. The van der Waals surface area contributed by atoms with E-state index in [1.807, 2.05) is 0 Å². The Bertz CT molecular complexity index is 269. The van der Waals surface area contributed by atoms with Crippen LogP contribution in [0.3, 0.4) is 0 Å². The molecular formula is C18H34N2. The molecule has 3 rings (SSSR count). The Kier molecular flexibility index (Phi) is 5.78. The maximum atomic E-state index is 3.86. The lowest BCUT2D eigenvalue weighted by Crippen LogP contribution is -2.49. The third kappa shape index (κ3) is 3.98. The topological polar surface area (TPSA) is 15.3 Å². The smallest absolute Gasteiger partial charge is 0.0124 e. The van der Waals surface area contributed by atoms with Crippen LogP contribution in [0.5, 0.6) is 0 Å². The highest BCUT2D eigenvalue weighted by Crippen LogP contribution is 2.34. The normalized spacial score (nSPS) is 33.6. The molecule has 0 aromatic heterocycles. The number of fused-ring (bicyclic) bond motifs is 1. The minimum Gasteiger partial charge on any atom is -0.313 e. The second-order valence-corrected chi connectivity index (χ2v) is 7.43. The molecule has 2 nitrogen and oxygen atoms in total. The summed E-state index contributed by atoms with van der Waals surface area (Å²) in [6, 6.07) is 1.76. The average molecular weight is 278 g/mol. The van der Waals surface area contributed by atoms with E-state index in [0.717, 1.165) is 18.0 Å². The van der Waals surface area contributed by atoms with Gasteiger partial charge in [0, 0.05) is 25.2 Å². The number of hydrogen-bond donors (Lipinski definition) is 1. The van der Waals surface area contributed by atoms with Crippen molar-refractivity contribution in [1.29, 1.82) is 0 Å². The zero-order valence-corrected chi connectivity index (χ0v) is 13.3. The molecule has 116 valence electrons. The summed E-state index contributed by atoms with van der Waals surface area (Å²) < 4.78 is 0. The summed E-state index contributed by atoms with van der Waals surface area (Å²) in [7, 11) is 0. The van der Waals surface area contributed by atoms with Crippen molar-refractivity contribution in [3.8, 4) is 0 Å². The Labute approximate surface area is 125 Å². The van der Waals surface area contributed by atoms with E-state index < -0.39 is 0 Å². The third-order valence-electron chi connectivity index (χ3n) is 6.05. The van der Waals surface area contributed by atoms with E-state index in [1.54, 1.807) is 0 Å². The molecule has 0 aromatic rings. The van der Waals surface area contributed by atoms with Gasteiger partial charge in [0.25, 0.3) is 0 Å². The fraction of sp³-hybridized carbons (Fsp3) is 1.00. The molecule has 2 aliphatic carbocycles. The SMILES string of the molecule is C1CCCC(NCCN2CCCC3CCCCC32)CC1. The Morgan fingerprint density at radius 2 is 1.45 bits per heavy atom. The molecule has 20 heavy (non-hydrogen) atoms. The molecule has 0 radical (unpaired) electrons. The van der Waals surface area contributed by atoms with Gasteiger partial charge < -0.3 is 5.32 Å². The molecule has 2 atom stereocenters. The molecule has 1 heterocycles. The van der Waals surface area contributed by atoms with E-state index in [1.165, 1.54) is 96.7 Å². The molecule has 2 saturated carbocycles. The summed E-state index contributed by atoms with van der Waals surface area (Å²) in [6.45, 7) is 3.90. The quantitative estimate of drug-likeness (QED) is 0.783. The molecule has 0 spiro atoms. The van der Waals surface area contributed by atoms with Crippen LogP contribution < -0.4 is 5.32 Å². The van der Waals surface area contributed by atoms with Gasteiger partial charge in [0.2, 0.25) is 0 Å². The van der Waals surface area contributed by atoms with E-state index in [-0.39, 0.29) is 0 Å². The predicted molar refractivity (Wildman–Crippen MR) is 86.0 cm³/mol. The van der Waals surface area contributed by atoms with Gasteiger partial charge in [0.1, 0.15) is 0 Å². The highest BCUT2D eigenvalue weighted by molar-refractivity contribution is 4.87. The number of hydrogen-bond acceptors (Lipinski definition) is 2. The summed E-state index contributed by atoms with van der Waals surface area (Å²) in [6.07, 6.45) is 17.6. The maximum absolute atomic E-state index is 3.86. The average Bonchev–Trinajstić information content (AvgIpc) is 2.76. The van der Waals surface area contributed by atoms with E-state index in [4.69, 9.17) is 0 Å². The third-order valence-corrected chi connectivity index (χ3v) is 6.05. The van der Waals surface area contributed by atoms with Crippen molar-refractivity contribution in [3.05, 3.63) is 0 Å². The molecule has 3 fully saturated rings. The Hall–Kier alpha value is -0.0800. The van der Waals surface area contributed by atoms with E-state index in [0.29, 0.717) is 0 Å². The largest absolute Gasteiger partial charge is 0.313 e.